The summed E-state index contributed by atoms with van der Waals surface area (Å²) in [7, 11) is -3.97. The monoisotopic (exact) mass is 410 g/mol. The van der Waals surface area contributed by atoms with Crippen molar-refractivity contribution in [1.29, 1.82) is 0 Å². The lowest BCUT2D eigenvalue weighted by Crippen LogP contribution is -2.66. The maximum Gasteiger partial charge on any atom is 0.407 e. The Balaban J connectivity index is 1.70. The van der Waals surface area contributed by atoms with Gasteiger partial charge >= 0.3 is 12.1 Å². The summed E-state index contributed by atoms with van der Waals surface area (Å²) in [5.41, 5.74) is 0.849. The number of nitrogens with zero attached hydrogens (tertiary/aromatic N) is 1. The Morgan fingerprint density at radius 3 is 2.46 bits per heavy atom. The molecule has 1 aromatic carbocycles. The van der Waals surface area contributed by atoms with Gasteiger partial charge in [-0.15, -0.1) is 0 Å². The summed E-state index contributed by atoms with van der Waals surface area (Å²) >= 11 is 0. The van der Waals surface area contributed by atoms with Crippen LogP contribution in [0.2, 0.25) is 0 Å². The number of fused-ring (bicyclic) bond motifs is 1. The second kappa shape index (κ2) is 6.77. The van der Waals surface area contributed by atoms with Crippen molar-refractivity contribution in [2.45, 2.75) is 49.6 Å². The van der Waals surface area contributed by atoms with Crippen LogP contribution in [0.5, 0.6) is 0 Å². The Labute approximate surface area is 162 Å². The molecule has 1 aromatic rings. The van der Waals surface area contributed by atoms with E-state index in [1.54, 1.807) is 0 Å². The number of amides is 2. The molecule has 9 nitrogen and oxygen atoms in total. The van der Waals surface area contributed by atoms with Gasteiger partial charge in [-0.2, -0.15) is 0 Å². The maximum atomic E-state index is 12.8. The zero-order valence-corrected chi connectivity index (χ0v) is 16.5. The Bertz CT molecular complexity index is 913. The molecule has 28 heavy (non-hydrogen) atoms. The number of nitrogens with one attached hydrogen (secondary N) is 1. The highest BCUT2D eigenvalue weighted by atomic mass is 32.2. The number of β-lactam (4-membered cyclic amide) rings is 1. The normalized spacial score (nSPS) is 28.0. The van der Waals surface area contributed by atoms with Gasteiger partial charge in [0.25, 0.3) is 0 Å². The fourth-order valence-electron chi connectivity index (χ4n) is 3.83. The van der Waals surface area contributed by atoms with E-state index in [2.05, 4.69) is 5.32 Å². The van der Waals surface area contributed by atoms with Gasteiger partial charge < -0.3 is 20.1 Å². The number of rotatable bonds is 5. The molecule has 10 heteroatoms. The molecule has 2 N–H and O–H groups in total. The van der Waals surface area contributed by atoms with E-state index >= 15 is 0 Å². The van der Waals surface area contributed by atoms with Gasteiger partial charge in [-0.3, -0.25) is 4.79 Å². The minimum atomic E-state index is -3.97. The average molecular weight is 410 g/mol. The first-order valence-corrected chi connectivity index (χ1v) is 10.3. The number of carboxylic acids is 1. The third kappa shape index (κ3) is 2.92. The summed E-state index contributed by atoms with van der Waals surface area (Å²) in [5, 5.41) is 10.6. The number of hydrogen-bond acceptors (Lipinski definition) is 6. The topological polar surface area (TPSA) is 130 Å². The molecule has 0 aliphatic carbocycles. The standard InChI is InChI=1S/C18H22N2O7S/c1-10(27-17(24)19-9-11-7-5-4-6-8-11)12-14(21)20-13(16(22)23)18(2,3)28(25,26)15(12)20/h4-8,10,12-13,15H,9H2,1-3H3,(H,19,24)(H,22,23)/t10-,12+,13-,15+/m0/s1. The van der Waals surface area contributed by atoms with E-state index < -0.39 is 56.0 Å². The zero-order valence-electron chi connectivity index (χ0n) is 15.7. The molecule has 2 amide bonds. The number of sulfone groups is 1. The van der Waals surface area contributed by atoms with Crippen LogP contribution in [0.1, 0.15) is 26.3 Å². The lowest BCUT2D eigenvalue weighted by Gasteiger charge is -2.44. The SMILES string of the molecule is C[C@H](OC(=O)NCc1ccccc1)[C@@H]1C(=O)N2[C@@H](C(=O)O)C(C)(C)S(=O)(=O)[C@H]12. The first-order valence-electron chi connectivity index (χ1n) is 8.77. The number of ether oxygens (including phenoxy) is 1. The molecule has 152 valence electrons. The van der Waals surface area contributed by atoms with Crippen molar-refractivity contribution in [3.8, 4) is 0 Å². The molecule has 0 saturated carbocycles. The fourth-order valence-corrected chi connectivity index (χ4v) is 6.23. The lowest BCUT2D eigenvalue weighted by atomic mass is 9.88. The van der Waals surface area contributed by atoms with Crippen molar-refractivity contribution in [3.63, 3.8) is 0 Å². The largest absolute Gasteiger partial charge is 0.480 e. The fraction of sp³-hybridized carbons (Fsp3) is 0.500. The molecule has 0 radical (unpaired) electrons. The van der Waals surface area contributed by atoms with Crippen LogP contribution < -0.4 is 5.32 Å². The number of benzene rings is 1. The van der Waals surface area contributed by atoms with E-state index in [9.17, 15) is 27.9 Å². The number of carbonyl (C=O) groups is 3. The van der Waals surface area contributed by atoms with Crippen LogP contribution in [0, 0.1) is 5.92 Å². The van der Waals surface area contributed by atoms with Crippen LogP contribution in [0.3, 0.4) is 0 Å². The Hall–Kier alpha value is -2.62. The van der Waals surface area contributed by atoms with Crippen molar-refractivity contribution in [3.05, 3.63) is 35.9 Å². The second-order valence-corrected chi connectivity index (χ2v) is 10.1. The lowest BCUT2D eigenvalue weighted by molar-refractivity contribution is -0.168. The van der Waals surface area contributed by atoms with Crippen LogP contribution in [0.15, 0.2) is 30.3 Å². The molecule has 0 spiro atoms. The van der Waals surface area contributed by atoms with Gasteiger partial charge in [0, 0.05) is 6.54 Å². The van der Waals surface area contributed by atoms with E-state index in [4.69, 9.17) is 4.74 Å². The summed E-state index contributed by atoms with van der Waals surface area (Å²) in [6.45, 7) is 4.23. The van der Waals surface area contributed by atoms with Gasteiger partial charge in [-0.1, -0.05) is 30.3 Å². The number of carboxylic acid groups (broad SMARTS) is 1. The van der Waals surface area contributed by atoms with Gasteiger partial charge in [0.05, 0.1) is 4.75 Å². The number of carbonyl (C=O) groups excluding carboxylic acids is 2. The summed E-state index contributed by atoms with van der Waals surface area (Å²) in [6, 6.07) is 7.64. The predicted octanol–water partition coefficient (Wildman–Crippen LogP) is 0.746. The third-order valence-corrected chi connectivity index (χ3v) is 8.27. The molecule has 0 unspecified atom stereocenters. The molecule has 2 fully saturated rings. The number of aliphatic carboxylic acids is 1. The van der Waals surface area contributed by atoms with Crippen LogP contribution in [0.4, 0.5) is 4.79 Å². The molecular weight excluding hydrogens is 388 g/mol. The van der Waals surface area contributed by atoms with Crippen LogP contribution in [-0.4, -0.2) is 58.7 Å². The summed E-state index contributed by atoms with van der Waals surface area (Å²) in [6.07, 6.45) is -1.81. The average Bonchev–Trinajstić information content (AvgIpc) is 2.75. The van der Waals surface area contributed by atoms with E-state index in [0.29, 0.717) is 0 Å². The number of alkyl carbamates (subject to hydrolysis) is 1. The zero-order chi connectivity index (χ0) is 20.9. The van der Waals surface area contributed by atoms with Gasteiger partial charge in [0.1, 0.15) is 18.1 Å². The molecule has 2 aliphatic rings. The van der Waals surface area contributed by atoms with E-state index in [-0.39, 0.29) is 6.54 Å². The maximum absolute atomic E-state index is 12.8. The van der Waals surface area contributed by atoms with E-state index in [1.165, 1.54) is 20.8 Å². The Morgan fingerprint density at radius 1 is 1.29 bits per heavy atom. The van der Waals surface area contributed by atoms with Crippen LogP contribution >= 0.6 is 0 Å². The molecule has 0 aromatic heterocycles. The van der Waals surface area contributed by atoms with Crippen molar-refractivity contribution in [2.75, 3.05) is 0 Å². The van der Waals surface area contributed by atoms with Gasteiger partial charge in [-0.25, -0.2) is 18.0 Å². The van der Waals surface area contributed by atoms with Gasteiger partial charge in [0.2, 0.25) is 5.91 Å². The second-order valence-electron chi connectivity index (χ2n) is 7.50. The molecule has 4 atom stereocenters. The molecule has 3 rings (SSSR count). The van der Waals surface area contributed by atoms with Crippen molar-refractivity contribution in [2.24, 2.45) is 5.92 Å². The quantitative estimate of drug-likeness (QED) is 0.685. The summed E-state index contributed by atoms with van der Waals surface area (Å²) in [4.78, 5) is 37.0. The highest BCUT2D eigenvalue weighted by Gasteiger charge is 2.73. The predicted molar refractivity (Wildman–Crippen MR) is 97.8 cm³/mol. The van der Waals surface area contributed by atoms with Gasteiger partial charge in [-0.05, 0) is 26.3 Å². The first-order chi connectivity index (χ1) is 13.0. The van der Waals surface area contributed by atoms with Crippen molar-refractivity contribution in [1.82, 2.24) is 10.2 Å². The summed E-state index contributed by atoms with van der Waals surface area (Å²) in [5.74, 6) is -3.15. The van der Waals surface area contributed by atoms with Gasteiger partial charge in [0.15, 0.2) is 15.2 Å². The molecule has 2 saturated heterocycles. The van der Waals surface area contributed by atoms with Crippen molar-refractivity contribution < 1.29 is 32.6 Å². The number of hydrogen-bond donors (Lipinski definition) is 2. The minimum absolute atomic E-state index is 0.215. The Morgan fingerprint density at radius 2 is 1.89 bits per heavy atom. The van der Waals surface area contributed by atoms with Crippen LogP contribution in [-0.2, 0) is 30.7 Å². The molecule has 2 heterocycles. The first kappa shape index (κ1) is 20.1. The van der Waals surface area contributed by atoms with E-state index in [1.807, 2.05) is 30.3 Å². The highest BCUT2D eigenvalue weighted by Crippen LogP contribution is 2.49. The van der Waals surface area contributed by atoms with Crippen LogP contribution in [0.25, 0.3) is 0 Å². The Kier molecular flexibility index (Phi) is 4.86. The third-order valence-electron chi connectivity index (χ3n) is 5.42. The van der Waals surface area contributed by atoms with Crippen molar-refractivity contribution >= 4 is 27.8 Å². The molecular formula is C18H22N2O7S. The molecule has 0 bridgehead atoms. The minimum Gasteiger partial charge on any atom is -0.480 e. The molecule has 2 aliphatic heterocycles. The highest BCUT2D eigenvalue weighted by molar-refractivity contribution is 7.93. The van der Waals surface area contributed by atoms with E-state index in [0.717, 1.165) is 10.5 Å². The smallest absolute Gasteiger partial charge is 0.407 e. The summed E-state index contributed by atoms with van der Waals surface area (Å²) < 4.78 is 29.2.